The Labute approximate surface area is 95.0 Å². The zero-order valence-electron chi connectivity index (χ0n) is 10.1. The molecule has 6 heteroatoms. The Morgan fingerprint density at radius 1 is 1.31 bits per heavy atom. The quantitative estimate of drug-likeness (QED) is 0.555. The molecule has 0 rings (SSSR count). The largest absolute Gasteiger partial charge is 0.480 e. The van der Waals surface area contributed by atoms with Gasteiger partial charge in [-0.1, -0.05) is 20.8 Å². The average molecular weight is 232 g/mol. The maximum Gasteiger partial charge on any atom is 0.328 e. The molecule has 2 atom stereocenters. The summed E-state index contributed by atoms with van der Waals surface area (Å²) in [5, 5.41) is 22.6. The van der Waals surface area contributed by atoms with Gasteiger partial charge in [0.15, 0.2) is 6.04 Å². The smallest absolute Gasteiger partial charge is 0.328 e. The Bertz CT molecular complexity index is 258. The van der Waals surface area contributed by atoms with E-state index in [1.165, 1.54) is 6.92 Å². The number of hydrogen-bond donors (Lipinski definition) is 4. The van der Waals surface area contributed by atoms with Gasteiger partial charge in [0.25, 0.3) is 0 Å². The summed E-state index contributed by atoms with van der Waals surface area (Å²) in [5.74, 6) is -1.26. The predicted octanol–water partition coefficient (Wildman–Crippen LogP) is 0.166. The maximum atomic E-state index is 11.3. The molecule has 94 valence electrons. The van der Waals surface area contributed by atoms with E-state index >= 15 is 0 Å². The highest BCUT2D eigenvalue weighted by Gasteiger charge is 2.25. The number of urea groups is 1. The maximum absolute atomic E-state index is 11.3. The van der Waals surface area contributed by atoms with E-state index in [2.05, 4.69) is 10.6 Å². The van der Waals surface area contributed by atoms with E-state index in [1.54, 1.807) is 0 Å². The monoisotopic (exact) mass is 232 g/mol. The van der Waals surface area contributed by atoms with E-state index in [-0.39, 0.29) is 5.41 Å². The summed E-state index contributed by atoms with van der Waals surface area (Å²) in [6.45, 7) is 7.55. The number of aliphatic hydroxyl groups is 1. The molecule has 0 aliphatic rings. The van der Waals surface area contributed by atoms with Crippen LogP contribution in [0.5, 0.6) is 0 Å². The molecule has 0 saturated carbocycles. The highest BCUT2D eigenvalue weighted by molar-refractivity contribution is 5.82. The second kappa shape index (κ2) is 5.69. The topological polar surface area (TPSA) is 98.7 Å². The average Bonchev–Trinajstić information content (AvgIpc) is 2.08. The van der Waals surface area contributed by atoms with Crippen LogP contribution < -0.4 is 10.6 Å². The van der Waals surface area contributed by atoms with E-state index < -0.39 is 24.1 Å². The number of carboxylic acids is 1. The highest BCUT2D eigenvalue weighted by Crippen LogP contribution is 2.09. The van der Waals surface area contributed by atoms with Crippen molar-refractivity contribution < 1.29 is 19.8 Å². The van der Waals surface area contributed by atoms with Crippen LogP contribution in [0.1, 0.15) is 27.7 Å². The molecule has 0 aromatic carbocycles. The molecule has 0 radical (unpaired) electrons. The molecule has 0 fully saturated rings. The van der Waals surface area contributed by atoms with Crippen molar-refractivity contribution in [3.8, 4) is 0 Å². The van der Waals surface area contributed by atoms with Crippen molar-refractivity contribution >= 4 is 12.0 Å². The number of nitrogens with one attached hydrogen (secondary N) is 2. The molecule has 0 aliphatic heterocycles. The van der Waals surface area contributed by atoms with Crippen molar-refractivity contribution in [1.29, 1.82) is 0 Å². The lowest BCUT2D eigenvalue weighted by atomic mass is 9.97. The van der Waals surface area contributed by atoms with Crippen molar-refractivity contribution in [2.24, 2.45) is 5.41 Å². The Balaban J connectivity index is 4.17. The number of carboxylic acid groups (broad SMARTS) is 1. The van der Waals surface area contributed by atoms with Crippen LogP contribution in [-0.2, 0) is 4.79 Å². The van der Waals surface area contributed by atoms with Crippen LogP contribution in [0.15, 0.2) is 0 Å². The van der Waals surface area contributed by atoms with Crippen molar-refractivity contribution in [3.63, 3.8) is 0 Å². The van der Waals surface area contributed by atoms with Gasteiger partial charge in [0.2, 0.25) is 0 Å². The molecule has 4 N–H and O–H groups in total. The van der Waals surface area contributed by atoms with Crippen LogP contribution >= 0.6 is 0 Å². The van der Waals surface area contributed by atoms with Gasteiger partial charge in [-0.3, -0.25) is 0 Å². The number of aliphatic carboxylic acids is 1. The lowest BCUT2D eigenvalue weighted by molar-refractivity contribution is -0.141. The molecule has 0 spiro atoms. The summed E-state index contributed by atoms with van der Waals surface area (Å²) in [6, 6.07) is -1.89. The van der Waals surface area contributed by atoms with Crippen molar-refractivity contribution in [1.82, 2.24) is 10.6 Å². The molecule has 16 heavy (non-hydrogen) atoms. The van der Waals surface area contributed by atoms with Crippen LogP contribution in [0.2, 0.25) is 0 Å². The normalized spacial score (nSPS) is 15.1. The molecule has 0 heterocycles. The fourth-order valence-corrected chi connectivity index (χ4v) is 0.926. The van der Waals surface area contributed by atoms with E-state index in [0.717, 1.165) is 0 Å². The fraction of sp³-hybridized carbons (Fsp3) is 0.800. The molecular formula is C10H20N2O4. The van der Waals surface area contributed by atoms with Gasteiger partial charge in [0.1, 0.15) is 0 Å². The SMILES string of the molecule is CC(O)C(NC(=O)NCC(C)(C)C)C(=O)O. The number of amides is 2. The van der Waals surface area contributed by atoms with Gasteiger partial charge in [0, 0.05) is 6.54 Å². The molecule has 0 aliphatic carbocycles. The number of aliphatic hydroxyl groups excluding tert-OH is 1. The van der Waals surface area contributed by atoms with Gasteiger partial charge in [-0.25, -0.2) is 9.59 Å². The first kappa shape index (κ1) is 14.7. The Morgan fingerprint density at radius 3 is 2.12 bits per heavy atom. The van der Waals surface area contributed by atoms with Gasteiger partial charge in [0.05, 0.1) is 6.10 Å². The summed E-state index contributed by atoms with van der Waals surface area (Å²) < 4.78 is 0. The zero-order chi connectivity index (χ0) is 12.9. The summed E-state index contributed by atoms with van der Waals surface area (Å²) in [5.41, 5.74) is -0.0824. The first-order valence-corrected chi connectivity index (χ1v) is 5.09. The van der Waals surface area contributed by atoms with Crippen LogP contribution in [-0.4, -0.2) is 40.9 Å². The second-order valence-electron chi connectivity index (χ2n) is 4.94. The van der Waals surface area contributed by atoms with E-state index in [1.807, 2.05) is 20.8 Å². The van der Waals surface area contributed by atoms with E-state index in [0.29, 0.717) is 6.54 Å². The van der Waals surface area contributed by atoms with Gasteiger partial charge < -0.3 is 20.8 Å². The van der Waals surface area contributed by atoms with E-state index in [4.69, 9.17) is 10.2 Å². The fourth-order valence-electron chi connectivity index (χ4n) is 0.926. The molecule has 0 saturated heterocycles. The molecule has 2 unspecified atom stereocenters. The second-order valence-corrected chi connectivity index (χ2v) is 4.94. The summed E-state index contributed by atoms with van der Waals surface area (Å²) in [6.07, 6.45) is -1.14. The minimum Gasteiger partial charge on any atom is -0.480 e. The van der Waals surface area contributed by atoms with Crippen molar-refractivity contribution in [2.75, 3.05) is 6.54 Å². The van der Waals surface area contributed by atoms with Crippen molar-refractivity contribution in [3.05, 3.63) is 0 Å². The first-order valence-electron chi connectivity index (χ1n) is 5.09. The van der Waals surface area contributed by atoms with Crippen LogP contribution in [0.25, 0.3) is 0 Å². The third-order valence-electron chi connectivity index (χ3n) is 1.81. The molecule has 6 nitrogen and oxygen atoms in total. The Kier molecular flexibility index (Phi) is 5.23. The van der Waals surface area contributed by atoms with Crippen LogP contribution in [0.4, 0.5) is 4.79 Å². The molecule has 0 bridgehead atoms. The zero-order valence-corrected chi connectivity index (χ0v) is 10.1. The number of carbonyl (C=O) groups is 2. The van der Waals surface area contributed by atoms with Gasteiger partial charge in [-0.2, -0.15) is 0 Å². The minimum atomic E-state index is -1.29. The van der Waals surface area contributed by atoms with Crippen LogP contribution in [0.3, 0.4) is 0 Å². The number of hydrogen-bond acceptors (Lipinski definition) is 3. The molecule has 0 aromatic heterocycles. The highest BCUT2D eigenvalue weighted by atomic mass is 16.4. The van der Waals surface area contributed by atoms with Crippen LogP contribution in [0, 0.1) is 5.41 Å². The van der Waals surface area contributed by atoms with Gasteiger partial charge in [-0.15, -0.1) is 0 Å². The third kappa shape index (κ3) is 6.23. The molecule has 2 amide bonds. The third-order valence-corrected chi connectivity index (χ3v) is 1.81. The Hall–Kier alpha value is -1.30. The molecule has 0 aromatic rings. The molecular weight excluding hydrogens is 212 g/mol. The first-order chi connectivity index (χ1) is 7.13. The van der Waals surface area contributed by atoms with Gasteiger partial charge >= 0.3 is 12.0 Å². The lowest BCUT2D eigenvalue weighted by Gasteiger charge is -2.21. The van der Waals surface area contributed by atoms with E-state index in [9.17, 15) is 9.59 Å². The summed E-state index contributed by atoms with van der Waals surface area (Å²) in [7, 11) is 0. The number of carbonyl (C=O) groups excluding carboxylic acids is 1. The van der Waals surface area contributed by atoms with Gasteiger partial charge in [-0.05, 0) is 12.3 Å². The predicted molar refractivity (Wildman–Crippen MR) is 59.1 cm³/mol. The summed E-state index contributed by atoms with van der Waals surface area (Å²) >= 11 is 0. The lowest BCUT2D eigenvalue weighted by Crippen LogP contribution is -2.52. The Morgan fingerprint density at radius 2 is 1.81 bits per heavy atom. The van der Waals surface area contributed by atoms with Crippen molar-refractivity contribution in [2.45, 2.75) is 39.8 Å². The minimum absolute atomic E-state index is 0.0824. The standard InChI is InChI=1S/C10H20N2O4/c1-6(13)7(8(14)15)12-9(16)11-5-10(2,3)4/h6-7,13H,5H2,1-4H3,(H,14,15)(H2,11,12,16). The summed E-state index contributed by atoms with van der Waals surface area (Å²) in [4.78, 5) is 22.0. The number of rotatable bonds is 4.